The molecule has 3 atom stereocenters. The highest BCUT2D eigenvalue weighted by Gasteiger charge is 2.31. The number of thiazole rings is 1. The maximum Gasteiger partial charge on any atom is 0.276 e. The van der Waals surface area contributed by atoms with Crippen LogP contribution < -0.4 is 10.2 Å². The van der Waals surface area contributed by atoms with Gasteiger partial charge in [-0.05, 0) is 31.9 Å². The van der Waals surface area contributed by atoms with Crippen LogP contribution in [0.3, 0.4) is 0 Å². The lowest BCUT2D eigenvalue weighted by Crippen LogP contribution is -3.10. The minimum atomic E-state index is -0.837. The molecule has 1 amide bonds. The number of quaternary nitrogens is 1. The molecule has 1 unspecified atom stereocenters. The van der Waals surface area contributed by atoms with Gasteiger partial charge in [-0.2, -0.15) is 5.26 Å². The van der Waals surface area contributed by atoms with Gasteiger partial charge in [0, 0.05) is 0 Å². The number of hydrogen-bond acceptors (Lipinski definition) is 4. The number of aromatic nitrogens is 1. The Kier molecular flexibility index (Phi) is 5.58. The minimum absolute atomic E-state index is 0.0495. The van der Waals surface area contributed by atoms with E-state index in [9.17, 15) is 10.1 Å². The number of para-hydroxylation sites is 1. The molecule has 1 aromatic carbocycles. The Morgan fingerprint density at radius 2 is 2.08 bits per heavy atom. The summed E-state index contributed by atoms with van der Waals surface area (Å²) in [5, 5.41) is 13.2. The van der Waals surface area contributed by atoms with Crippen molar-refractivity contribution in [2.45, 2.75) is 39.3 Å². The van der Waals surface area contributed by atoms with Crippen LogP contribution in [0, 0.1) is 17.2 Å². The second kappa shape index (κ2) is 7.29. The Morgan fingerprint density at radius 1 is 1.42 bits per heavy atom. The Morgan fingerprint density at radius 3 is 2.67 bits per heavy atom. The zero-order chi connectivity index (χ0) is 17.9. The van der Waals surface area contributed by atoms with Gasteiger partial charge in [-0.3, -0.25) is 4.79 Å². The van der Waals surface area contributed by atoms with Crippen LogP contribution in [0.5, 0.6) is 0 Å². The van der Waals surface area contributed by atoms with E-state index in [-0.39, 0.29) is 17.9 Å². The van der Waals surface area contributed by atoms with Gasteiger partial charge >= 0.3 is 0 Å². The number of nitrogens with one attached hydrogen (secondary N) is 2. The third-order valence-corrected chi connectivity index (χ3v) is 5.86. The fraction of sp³-hybridized carbons (Fsp3) is 0.500. The van der Waals surface area contributed by atoms with Crippen LogP contribution in [0.1, 0.15) is 38.7 Å². The first-order chi connectivity index (χ1) is 11.3. The second-order valence-corrected chi connectivity index (χ2v) is 7.84. The molecule has 0 spiro atoms. The molecule has 0 saturated carbocycles. The Balaban J connectivity index is 2.04. The first-order valence-corrected chi connectivity index (χ1v) is 8.98. The van der Waals surface area contributed by atoms with Crippen molar-refractivity contribution in [1.82, 2.24) is 10.3 Å². The number of nitriles is 1. The normalized spacial score (nSPS) is 16.4. The van der Waals surface area contributed by atoms with Crippen molar-refractivity contribution in [1.29, 1.82) is 5.26 Å². The highest BCUT2D eigenvalue weighted by Crippen LogP contribution is 2.24. The molecule has 5 nitrogen and oxygen atoms in total. The quantitative estimate of drug-likeness (QED) is 0.840. The smallest absolute Gasteiger partial charge is 0.276 e. The number of carbonyl (C=O) groups is 1. The number of fused-ring (bicyclic) bond motifs is 1. The number of carbonyl (C=O) groups excluding carboxylic acids is 1. The van der Waals surface area contributed by atoms with Gasteiger partial charge in [0.2, 0.25) is 0 Å². The van der Waals surface area contributed by atoms with E-state index in [2.05, 4.69) is 29.4 Å². The molecule has 0 fully saturated rings. The molecule has 0 aliphatic heterocycles. The molecule has 0 bridgehead atoms. The SMILES string of the molecule is CC(C)[C@@](C)(C#N)NC(=O)C[NH+](C)[C@@H](C)c1nc2ccccc2s1. The summed E-state index contributed by atoms with van der Waals surface area (Å²) in [7, 11) is 1.98. The number of nitrogens with zero attached hydrogens (tertiary/aromatic N) is 2. The highest BCUT2D eigenvalue weighted by atomic mass is 32.1. The standard InChI is InChI=1S/C18H24N4OS/c1-12(2)18(4,11-19)21-16(23)10-22(5)13(3)17-20-14-8-6-7-9-15(14)24-17/h6-9,12-13H,10H2,1-5H3,(H,21,23)/p+1/t13-,18+/m0/s1. The molecule has 6 heteroatoms. The molecular formula is C18H25N4OS+. The summed E-state index contributed by atoms with van der Waals surface area (Å²) in [5.41, 5.74) is 0.162. The lowest BCUT2D eigenvalue weighted by atomic mass is 9.90. The molecule has 2 N–H and O–H groups in total. The van der Waals surface area contributed by atoms with Crippen LogP contribution in [0.2, 0.25) is 0 Å². The average Bonchev–Trinajstić information content (AvgIpc) is 2.97. The number of likely N-dealkylation sites (N-methyl/N-ethyl adjacent to an activating group) is 1. The van der Waals surface area contributed by atoms with Crippen LogP contribution in [0.15, 0.2) is 24.3 Å². The fourth-order valence-electron chi connectivity index (χ4n) is 2.33. The number of amides is 1. The van der Waals surface area contributed by atoms with E-state index >= 15 is 0 Å². The van der Waals surface area contributed by atoms with E-state index in [0.29, 0.717) is 6.54 Å². The van der Waals surface area contributed by atoms with E-state index in [1.807, 2.05) is 39.1 Å². The van der Waals surface area contributed by atoms with Gasteiger partial charge in [-0.15, -0.1) is 11.3 Å². The highest BCUT2D eigenvalue weighted by molar-refractivity contribution is 7.18. The molecule has 0 aliphatic rings. The summed E-state index contributed by atoms with van der Waals surface area (Å²) in [6.45, 7) is 8.02. The van der Waals surface area contributed by atoms with Gasteiger partial charge in [-0.25, -0.2) is 4.98 Å². The van der Waals surface area contributed by atoms with Crippen LogP contribution >= 0.6 is 11.3 Å². The summed E-state index contributed by atoms with van der Waals surface area (Å²) < 4.78 is 1.16. The third-order valence-electron chi connectivity index (χ3n) is 4.65. The molecule has 0 radical (unpaired) electrons. The first-order valence-electron chi connectivity index (χ1n) is 8.17. The van der Waals surface area contributed by atoms with E-state index in [1.54, 1.807) is 18.3 Å². The molecular weight excluding hydrogens is 320 g/mol. The van der Waals surface area contributed by atoms with Crippen molar-refractivity contribution >= 4 is 27.5 Å². The largest absolute Gasteiger partial charge is 0.333 e. The van der Waals surface area contributed by atoms with Gasteiger partial charge < -0.3 is 10.2 Å². The lowest BCUT2D eigenvalue weighted by Gasteiger charge is -2.28. The van der Waals surface area contributed by atoms with Gasteiger partial charge in [0.05, 0.1) is 23.3 Å². The molecule has 1 heterocycles. The number of hydrogen-bond donors (Lipinski definition) is 2. The van der Waals surface area contributed by atoms with E-state index in [1.165, 1.54) is 0 Å². The zero-order valence-electron chi connectivity index (χ0n) is 14.9. The molecule has 0 saturated heterocycles. The van der Waals surface area contributed by atoms with Crippen LogP contribution in [0.25, 0.3) is 10.2 Å². The maximum absolute atomic E-state index is 12.3. The Hall–Kier alpha value is -1.97. The van der Waals surface area contributed by atoms with E-state index in [0.717, 1.165) is 20.1 Å². The topological polar surface area (TPSA) is 70.2 Å². The average molecular weight is 345 g/mol. The molecule has 128 valence electrons. The van der Waals surface area contributed by atoms with Crippen molar-refractivity contribution in [3.63, 3.8) is 0 Å². The number of rotatable bonds is 6. The number of benzene rings is 1. The molecule has 2 rings (SSSR count). The Labute approximate surface area is 147 Å². The van der Waals surface area contributed by atoms with Crippen molar-refractivity contribution in [2.24, 2.45) is 5.92 Å². The molecule has 1 aromatic heterocycles. The van der Waals surface area contributed by atoms with Crippen molar-refractivity contribution in [2.75, 3.05) is 13.6 Å². The second-order valence-electron chi connectivity index (χ2n) is 6.78. The van der Waals surface area contributed by atoms with Gasteiger partial charge in [0.1, 0.15) is 11.6 Å². The Bertz CT molecular complexity index is 731. The van der Waals surface area contributed by atoms with Gasteiger partial charge in [0.25, 0.3) is 5.91 Å². The summed E-state index contributed by atoms with van der Waals surface area (Å²) in [4.78, 5) is 18.1. The van der Waals surface area contributed by atoms with E-state index in [4.69, 9.17) is 0 Å². The van der Waals surface area contributed by atoms with Crippen LogP contribution in [0.4, 0.5) is 0 Å². The predicted molar refractivity (Wildman–Crippen MR) is 96.8 cm³/mol. The molecule has 0 aliphatic carbocycles. The van der Waals surface area contributed by atoms with Crippen molar-refractivity contribution in [3.05, 3.63) is 29.3 Å². The third kappa shape index (κ3) is 3.92. The molecule has 2 aromatic rings. The van der Waals surface area contributed by atoms with Gasteiger partial charge in [0.15, 0.2) is 11.6 Å². The van der Waals surface area contributed by atoms with Crippen molar-refractivity contribution in [3.8, 4) is 6.07 Å². The predicted octanol–water partition coefficient (Wildman–Crippen LogP) is 1.93. The van der Waals surface area contributed by atoms with Crippen LogP contribution in [-0.2, 0) is 4.79 Å². The summed E-state index contributed by atoms with van der Waals surface area (Å²) >= 11 is 1.67. The summed E-state index contributed by atoms with van der Waals surface area (Å²) in [6.07, 6.45) is 0. The zero-order valence-corrected chi connectivity index (χ0v) is 15.7. The summed E-state index contributed by atoms with van der Waals surface area (Å²) in [6, 6.07) is 10.4. The minimum Gasteiger partial charge on any atom is -0.333 e. The molecule has 24 heavy (non-hydrogen) atoms. The van der Waals surface area contributed by atoms with Crippen LogP contribution in [-0.4, -0.2) is 30.0 Å². The van der Waals surface area contributed by atoms with Crippen molar-refractivity contribution < 1.29 is 9.69 Å². The maximum atomic E-state index is 12.3. The lowest BCUT2D eigenvalue weighted by molar-refractivity contribution is -0.902. The van der Waals surface area contributed by atoms with Gasteiger partial charge in [-0.1, -0.05) is 26.0 Å². The first kappa shape index (κ1) is 18.4. The monoisotopic (exact) mass is 345 g/mol. The fourth-order valence-corrected chi connectivity index (χ4v) is 3.44. The summed E-state index contributed by atoms with van der Waals surface area (Å²) in [5.74, 6) is -0.0633. The van der Waals surface area contributed by atoms with E-state index < -0.39 is 5.54 Å².